The summed E-state index contributed by atoms with van der Waals surface area (Å²) in [6.07, 6.45) is 0. The van der Waals surface area contributed by atoms with Crippen LogP contribution in [0.25, 0.3) is 10.9 Å². The molecular weight excluding hydrogens is 360 g/mol. The number of rotatable bonds is 3. The van der Waals surface area contributed by atoms with Crippen molar-refractivity contribution in [3.8, 4) is 0 Å². The lowest BCUT2D eigenvalue weighted by Crippen LogP contribution is -2.45. The lowest BCUT2D eigenvalue weighted by Gasteiger charge is -2.27. The van der Waals surface area contributed by atoms with Crippen molar-refractivity contribution >= 4 is 34.4 Å². The number of aromatic nitrogens is 2. The van der Waals surface area contributed by atoms with E-state index in [1.165, 1.54) is 5.56 Å². The van der Waals surface area contributed by atoms with E-state index in [9.17, 15) is 0 Å². The molecule has 0 aliphatic carbocycles. The van der Waals surface area contributed by atoms with Gasteiger partial charge in [0, 0.05) is 17.0 Å². The molecule has 0 fully saturated rings. The normalized spacial score (nSPS) is 14.7. The summed E-state index contributed by atoms with van der Waals surface area (Å²) in [4.78, 5) is 15.9. The molecule has 7 heteroatoms. The van der Waals surface area contributed by atoms with E-state index in [0.29, 0.717) is 25.2 Å². The highest BCUT2D eigenvalue weighted by molar-refractivity contribution is 6.31. The molecule has 2 aromatic carbocycles. The molecule has 0 radical (unpaired) electrons. The van der Waals surface area contributed by atoms with Crippen LogP contribution in [0.3, 0.4) is 0 Å². The number of nitrogens with zero attached hydrogens (tertiary/aromatic N) is 4. The highest BCUT2D eigenvalue weighted by Crippen LogP contribution is 2.19. The van der Waals surface area contributed by atoms with E-state index < -0.39 is 0 Å². The minimum atomic E-state index is 0.551. The number of hydrogen-bond donors (Lipinski definition) is 2. The fourth-order valence-electron chi connectivity index (χ4n) is 3.08. The van der Waals surface area contributed by atoms with Crippen molar-refractivity contribution in [1.29, 1.82) is 0 Å². The van der Waals surface area contributed by atoms with Crippen molar-refractivity contribution < 1.29 is 0 Å². The molecule has 0 unspecified atom stereocenters. The Morgan fingerprint density at radius 3 is 2.78 bits per heavy atom. The number of fused-ring (bicyclic) bond motifs is 1. The topological polar surface area (TPSA) is 65.4 Å². The number of aliphatic imine (C=N–C) groups is 1. The summed E-state index contributed by atoms with van der Waals surface area (Å²) in [7, 11) is 0. The van der Waals surface area contributed by atoms with Crippen LogP contribution in [-0.4, -0.2) is 34.2 Å². The molecule has 0 atom stereocenters. The van der Waals surface area contributed by atoms with Gasteiger partial charge in [-0.3, -0.25) is 10.2 Å². The van der Waals surface area contributed by atoms with Crippen molar-refractivity contribution in [3.63, 3.8) is 0 Å². The van der Waals surface area contributed by atoms with E-state index in [1.807, 2.05) is 37.3 Å². The van der Waals surface area contributed by atoms with Gasteiger partial charge in [0.15, 0.2) is 0 Å². The average Bonchev–Trinajstić information content (AvgIpc) is 2.66. The molecular formula is C20H21ClN6. The molecule has 3 aromatic rings. The Hall–Kier alpha value is -2.70. The fourth-order valence-corrected chi connectivity index (χ4v) is 3.27. The van der Waals surface area contributed by atoms with Gasteiger partial charge in [0.1, 0.15) is 0 Å². The number of nitrogens with one attached hydrogen (secondary N) is 2. The van der Waals surface area contributed by atoms with Crippen LogP contribution < -0.4 is 10.6 Å². The summed E-state index contributed by atoms with van der Waals surface area (Å²) >= 11 is 6.24. The zero-order valence-electron chi connectivity index (χ0n) is 15.3. The second kappa shape index (κ2) is 7.50. The Balaban J connectivity index is 1.45. The fraction of sp³-hybridized carbons (Fsp3) is 0.250. The molecule has 0 saturated carbocycles. The summed E-state index contributed by atoms with van der Waals surface area (Å²) in [5.74, 6) is 1.23. The number of halogens is 1. The third-order valence-corrected chi connectivity index (χ3v) is 4.89. The van der Waals surface area contributed by atoms with Crippen LogP contribution in [0.15, 0.2) is 47.5 Å². The summed E-state index contributed by atoms with van der Waals surface area (Å²) in [6.45, 7) is 6.06. The van der Waals surface area contributed by atoms with E-state index in [4.69, 9.17) is 11.6 Å². The molecule has 2 heterocycles. The highest BCUT2D eigenvalue weighted by Gasteiger charge is 2.15. The highest BCUT2D eigenvalue weighted by atomic mass is 35.5. The SMILES string of the molecule is Cc1ccc2nc(NC3=NCN(Cc4ccccc4Cl)CN3)nc(C)c2c1. The number of guanidine groups is 1. The molecule has 0 bridgehead atoms. The number of aryl methyl sites for hydroxylation is 2. The quantitative estimate of drug-likeness (QED) is 0.725. The van der Waals surface area contributed by atoms with Crippen LogP contribution in [0.1, 0.15) is 16.8 Å². The maximum Gasteiger partial charge on any atom is 0.230 e. The number of benzene rings is 2. The first-order valence-corrected chi connectivity index (χ1v) is 9.22. The number of anilines is 1. The standard InChI is InChI=1S/C20H21ClN6/c1-13-7-8-18-16(9-13)14(2)24-20(25-18)26-19-22-11-27(12-23-19)10-15-5-3-4-6-17(15)21/h3-9H,10-12H2,1-2H3,(H2,22,23,24,25,26). The van der Waals surface area contributed by atoms with Gasteiger partial charge in [-0.25, -0.2) is 15.0 Å². The average molecular weight is 381 g/mol. The largest absolute Gasteiger partial charge is 0.343 e. The van der Waals surface area contributed by atoms with Gasteiger partial charge in [0.2, 0.25) is 11.9 Å². The van der Waals surface area contributed by atoms with Crippen molar-refractivity contribution in [2.75, 3.05) is 18.7 Å². The predicted molar refractivity (Wildman–Crippen MR) is 110 cm³/mol. The van der Waals surface area contributed by atoms with E-state index >= 15 is 0 Å². The molecule has 0 saturated heterocycles. The lowest BCUT2D eigenvalue weighted by atomic mass is 10.1. The number of hydrogen-bond acceptors (Lipinski definition) is 6. The molecule has 138 valence electrons. The molecule has 0 spiro atoms. The molecule has 1 aromatic heterocycles. The van der Waals surface area contributed by atoms with Gasteiger partial charge >= 0.3 is 0 Å². The maximum absolute atomic E-state index is 6.24. The Morgan fingerprint density at radius 2 is 2.00 bits per heavy atom. The van der Waals surface area contributed by atoms with E-state index in [-0.39, 0.29) is 0 Å². The second-order valence-corrected chi connectivity index (χ2v) is 7.09. The van der Waals surface area contributed by atoms with Gasteiger partial charge in [-0.1, -0.05) is 41.4 Å². The molecule has 6 nitrogen and oxygen atoms in total. The minimum absolute atomic E-state index is 0.551. The zero-order valence-corrected chi connectivity index (χ0v) is 16.1. The molecule has 4 rings (SSSR count). The Kier molecular flexibility index (Phi) is 4.92. The minimum Gasteiger partial charge on any atom is -0.343 e. The first-order chi connectivity index (χ1) is 13.1. The molecule has 0 amide bonds. The van der Waals surface area contributed by atoms with Crippen LogP contribution in [-0.2, 0) is 6.54 Å². The third kappa shape index (κ3) is 4.02. The Labute approximate surface area is 163 Å². The summed E-state index contributed by atoms with van der Waals surface area (Å²) < 4.78 is 0. The van der Waals surface area contributed by atoms with Gasteiger partial charge in [-0.05, 0) is 37.6 Å². The van der Waals surface area contributed by atoms with Gasteiger partial charge in [-0.2, -0.15) is 0 Å². The van der Waals surface area contributed by atoms with Crippen LogP contribution in [0.2, 0.25) is 5.02 Å². The summed E-state index contributed by atoms with van der Waals surface area (Å²) in [6, 6.07) is 14.1. The third-order valence-electron chi connectivity index (χ3n) is 4.52. The summed E-state index contributed by atoms with van der Waals surface area (Å²) in [5, 5.41) is 8.32. The van der Waals surface area contributed by atoms with Gasteiger partial charge in [0.05, 0.1) is 24.5 Å². The molecule has 2 N–H and O–H groups in total. The van der Waals surface area contributed by atoms with E-state index in [0.717, 1.165) is 33.7 Å². The van der Waals surface area contributed by atoms with Gasteiger partial charge in [-0.15, -0.1) is 0 Å². The van der Waals surface area contributed by atoms with Crippen molar-refractivity contribution in [3.05, 3.63) is 64.3 Å². The first-order valence-electron chi connectivity index (χ1n) is 8.84. The van der Waals surface area contributed by atoms with Gasteiger partial charge in [0.25, 0.3) is 0 Å². The van der Waals surface area contributed by atoms with Crippen LogP contribution in [0, 0.1) is 13.8 Å². The maximum atomic E-state index is 6.24. The Morgan fingerprint density at radius 1 is 1.15 bits per heavy atom. The van der Waals surface area contributed by atoms with Gasteiger partial charge < -0.3 is 5.32 Å². The van der Waals surface area contributed by atoms with E-state index in [2.05, 4.69) is 49.6 Å². The monoisotopic (exact) mass is 380 g/mol. The van der Waals surface area contributed by atoms with E-state index in [1.54, 1.807) is 0 Å². The summed E-state index contributed by atoms with van der Waals surface area (Å²) in [5.41, 5.74) is 4.17. The van der Waals surface area contributed by atoms with Crippen molar-refractivity contribution in [1.82, 2.24) is 20.2 Å². The van der Waals surface area contributed by atoms with Crippen molar-refractivity contribution in [2.24, 2.45) is 4.99 Å². The molecule has 27 heavy (non-hydrogen) atoms. The van der Waals surface area contributed by atoms with Crippen LogP contribution in [0.5, 0.6) is 0 Å². The second-order valence-electron chi connectivity index (χ2n) is 6.68. The Bertz CT molecular complexity index is 1020. The van der Waals surface area contributed by atoms with Crippen LogP contribution in [0.4, 0.5) is 5.95 Å². The molecule has 1 aliphatic heterocycles. The predicted octanol–water partition coefficient (Wildman–Crippen LogP) is 3.69. The lowest BCUT2D eigenvalue weighted by molar-refractivity contribution is 0.257. The zero-order chi connectivity index (χ0) is 18.8. The first kappa shape index (κ1) is 17.7. The smallest absolute Gasteiger partial charge is 0.230 e. The van der Waals surface area contributed by atoms with Crippen LogP contribution >= 0.6 is 11.6 Å². The van der Waals surface area contributed by atoms with Crippen molar-refractivity contribution in [2.45, 2.75) is 20.4 Å². The molecule has 1 aliphatic rings.